The van der Waals surface area contributed by atoms with Gasteiger partial charge in [-0.2, -0.15) is 0 Å². The van der Waals surface area contributed by atoms with E-state index in [1.807, 2.05) is 62.4 Å². The molecular weight excluding hydrogens is 448 g/mol. The predicted molar refractivity (Wildman–Crippen MR) is 133 cm³/mol. The van der Waals surface area contributed by atoms with Crippen LogP contribution in [0.25, 0.3) is 16.0 Å². The quantitative estimate of drug-likeness (QED) is 0.240. The number of Topliss-reactive ketones (excluding diaryl/α,β-unsaturated/α-hetero) is 1. The van der Waals surface area contributed by atoms with Gasteiger partial charge in [0.1, 0.15) is 11.5 Å². The zero-order valence-electron chi connectivity index (χ0n) is 18.9. The Hall–Kier alpha value is -3.97. The van der Waals surface area contributed by atoms with Crippen molar-refractivity contribution in [2.24, 2.45) is 0 Å². The summed E-state index contributed by atoms with van der Waals surface area (Å²) >= 11 is 1.30. The van der Waals surface area contributed by atoms with E-state index in [1.54, 1.807) is 25.3 Å². The van der Waals surface area contributed by atoms with E-state index in [0.717, 1.165) is 21.4 Å². The molecule has 1 aromatic heterocycles. The number of aliphatic hydroxyl groups is 1. The van der Waals surface area contributed by atoms with Crippen LogP contribution in [-0.4, -0.2) is 28.9 Å². The molecule has 0 bridgehead atoms. The van der Waals surface area contributed by atoms with Crippen molar-refractivity contribution >= 4 is 44.1 Å². The number of aromatic nitrogens is 1. The lowest BCUT2D eigenvalue weighted by atomic mass is 9.94. The highest BCUT2D eigenvalue weighted by Gasteiger charge is 2.48. The van der Waals surface area contributed by atoms with Gasteiger partial charge in [0.15, 0.2) is 5.13 Å². The molecule has 6 nitrogen and oxygen atoms in total. The molecule has 1 aliphatic heterocycles. The minimum Gasteiger partial charge on any atom is -0.507 e. The summed E-state index contributed by atoms with van der Waals surface area (Å²) in [5, 5.41) is 11.6. The fourth-order valence-electron chi connectivity index (χ4n) is 4.08. The van der Waals surface area contributed by atoms with Gasteiger partial charge in [-0.15, -0.1) is 0 Å². The Balaban J connectivity index is 1.71. The lowest BCUT2D eigenvalue weighted by Crippen LogP contribution is -2.29. The second kappa shape index (κ2) is 8.43. The maximum absolute atomic E-state index is 13.3. The number of rotatable bonds is 4. The Morgan fingerprint density at radius 1 is 0.971 bits per heavy atom. The summed E-state index contributed by atoms with van der Waals surface area (Å²) in [6.45, 7) is 3.91. The molecule has 1 fully saturated rings. The van der Waals surface area contributed by atoms with Crippen molar-refractivity contribution in [1.82, 2.24) is 4.98 Å². The van der Waals surface area contributed by atoms with Crippen molar-refractivity contribution in [3.05, 3.63) is 94.6 Å². The van der Waals surface area contributed by atoms with E-state index < -0.39 is 17.7 Å². The molecule has 1 saturated heterocycles. The molecule has 1 atom stereocenters. The second-order valence-corrected chi connectivity index (χ2v) is 9.29. The van der Waals surface area contributed by atoms with Gasteiger partial charge in [-0.05, 0) is 37.6 Å². The van der Waals surface area contributed by atoms with E-state index in [-0.39, 0.29) is 11.3 Å². The molecule has 5 rings (SSSR count). The second-order valence-electron chi connectivity index (χ2n) is 8.28. The smallest absolute Gasteiger partial charge is 0.301 e. The first-order valence-electron chi connectivity index (χ1n) is 10.8. The van der Waals surface area contributed by atoms with Crippen LogP contribution in [-0.2, 0) is 9.59 Å². The van der Waals surface area contributed by atoms with E-state index in [9.17, 15) is 14.7 Å². The third-order valence-electron chi connectivity index (χ3n) is 5.95. The van der Waals surface area contributed by atoms with E-state index in [0.29, 0.717) is 22.0 Å². The van der Waals surface area contributed by atoms with Crippen molar-refractivity contribution in [3.8, 4) is 5.75 Å². The molecule has 0 spiro atoms. The lowest BCUT2D eigenvalue weighted by Gasteiger charge is -2.23. The number of carbonyl (C=O) groups excluding carboxylic acids is 2. The van der Waals surface area contributed by atoms with Gasteiger partial charge in [0.2, 0.25) is 0 Å². The number of ketones is 1. The van der Waals surface area contributed by atoms with Crippen LogP contribution in [0, 0.1) is 13.8 Å². The van der Waals surface area contributed by atoms with Crippen LogP contribution in [0.4, 0.5) is 5.13 Å². The Kier molecular flexibility index (Phi) is 5.42. The van der Waals surface area contributed by atoms with Crippen molar-refractivity contribution in [3.63, 3.8) is 0 Å². The van der Waals surface area contributed by atoms with Crippen LogP contribution in [0.15, 0.2) is 72.3 Å². The molecule has 0 saturated carbocycles. The SMILES string of the molecule is COc1ccc2nc(N3C(=O)C(=O)C(=C(O)c4ccc(C)cc4)C3c3ccc(C)cc3)sc2c1. The van der Waals surface area contributed by atoms with E-state index in [4.69, 9.17) is 4.74 Å². The zero-order chi connectivity index (χ0) is 24.0. The molecule has 34 heavy (non-hydrogen) atoms. The van der Waals surface area contributed by atoms with Gasteiger partial charge in [0.05, 0.1) is 28.9 Å². The molecule has 1 aliphatic rings. The molecule has 2 heterocycles. The number of hydrogen-bond acceptors (Lipinski definition) is 6. The number of fused-ring (bicyclic) bond motifs is 1. The summed E-state index contributed by atoms with van der Waals surface area (Å²) in [5.41, 5.74) is 4.02. The van der Waals surface area contributed by atoms with Gasteiger partial charge in [-0.1, -0.05) is 71.0 Å². The summed E-state index contributed by atoms with van der Waals surface area (Å²) in [7, 11) is 1.59. The van der Waals surface area contributed by atoms with Crippen LogP contribution in [0.3, 0.4) is 0 Å². The fourth-order valence-corrected chi connectivity index (χ4v) is 5.10. The summed E-state index contributed by atoms with van der Waals surface area (Å²) < 4.78 is 6.14. The van der Waals surface area contributed by atoms with E-state index in [2.05, 4.69) is 4.98 Å². The summed E-state index contributed by atoms with van der Waals surface area (Å²) in [4.78, 5) is 32.6. The highest BCUT2D eigenvalue weighted by atomic mass is 32.1. The van der Waals surface area contributed by atoms with Gasteiger partial charge in [0.25, 0.3) is 5.78 Å². The lowest BCUT2D eigenvalue weighted by molar-refractivity contribution is -0.132. The number of ether oxygens (including phenoxy) is 1. The Labute approximate surface area is 200 Å². The highest BCUT2D eigenvalue weighted by molar-refractivity contribution is 7.22. The first-order chi connectivity index (χ1) is 16.4. The molecule has 0 radical (unpaired) electrons. The molecular formula is C27H22N2O4S. The van der Waals surface area contributed by atoms with E-state index >= 15 is 0 Å². The van der Waals surface area contributed by atoms with Crippen molar-refractivity contribution in [2.45, 2.75) is 19.9 Å². The van der Waals surface area contributed by atoms with Crippen LogP contribution < -0.4 is 9.64 Å². The molecule has 170 valence electrons. The average Bonchev–Trinajstić information content (AvgIpc) is 3.37. The topological polar surface area (TPSA) is 79.7 Å². The first-order valence-corrected chi connectivity index (χ1v) is 11.6. The van der Waals surface area contributed by atoms with E-state index in [1.165, 1.54) is 16.2 Å². The van der Waals surface area contributed by atoms with Crippen LogP contribution in [0.1, 0.15) is 28.3 Å². The maximum Gasteiger partial charge on any atom is 0.301 e. The number of amides is 1. The minimum atomic E-state index is -0.802. The average molecular weight is 471 g/mol. The number of aliphatic hydroxyl groups excluding tert-OH is 1. The number of hydrogen-bond donors (Lipinski definition) is 1. The summed E-state index contributed by atoms with van der Waals surface area (Å²) in [6.07, 6.45) is 0. The largest absolute Gasteiger partial charge is 0.507 e. The number of anilines is 1. The summed E-state index contributed by atoms with van der Waals surface area (Å²) in [6, 6.07) is 19.4. The van der Waals surface area contributed by atoms with Gasteiger partial charge in [0, 0.05) is 5.56 Å². The first kappa shape index (κ1) is 21.9. The van der Waals surface area contributed by atoms with Gasteiger partial charge in [-0.25, -0.2) is 4.98 Å². The van der Waals surface area contributed by atoms with Crippen LogP contribution in [0.2, 0.25) is 0 Å². The van der Waals surface area contributed by atoms with Crippen molar-refractivity contribution < 1.29 is 19.4 Å². The third-order valence-corrected chi connectivity index (χ3v) is 6.97. The normalized spacial score (nSPS) is 17.5. The Morgan fingerprint density at radius 2 is 1.62 bits per heavy atom. The molecule has 7 heteroatoms. The Bertz CT molecular complexity index is 1450. The predicted octanol–water partition coefficient (Wildman–Crippen LogP) is 5.55. The number of methoxy groups -OCH3 is 1. The van der Waals surface area contributed by atoms with Crippen molar-refractivity contribution in [1.29, 1.82) is 0 Å². The molecule has 1 amide bonds. The summed E-state index contributed by atoms with van der Waals surface area (Å²) in [5.74, 6) is -0.973. The zero-order valence-corrected chi connectivity index (χ0v) is 19.7. The molecule has 1 unspecified atom stereocenters. The number of benzene rings is 3. The van der Waals surface area contributed by atoms with Gasteiger partial charge in [-0.3, -0.25) is 14.5 Å². The molecule has 4 aromatic rings. The maximum atomic E-state index is 13.3. The van der Waals surface area contributed by atoms with Crippen molar-refractivity contribution in [2.75, 3.05) is 12.0 Å². The van der Waals surface area contributed by atoms with Crippen LogP contribution >= 0.6 is 11.3 Å². The van der Waals surface area contributed by atoms with Crippen LogP contribution in [0.5, 0.6) is 5.75 Å². The molecule has 1 N–H and O–H groups in total. The third kappa shape index (κ3) is 3.64. The molecule has 3 aromatic carbocycles. The molecule has 0 aliphatic carbocycles. The number of aryl methyl sites for hydroxylation is 2. The fraction of sp³-hybridized carbons (Fsp3) is 0.148. The minimum absolute atomic E-state index is 0.0505. The number of carbonyl (C=O) groups is 2. The monoisotopic (exact) mass is 470 g/mol. The van der Waals surface area contributed by atoms with Gasteiger partial charge >= 0.3 is 5.91 Å². The number of nitrogens with zero attached hydrogens (tertiary/aromatic N) is 2. The van der Waals surface area contributed by atoms with Gasteiger partial charge < -0.3 is 9.84 Å². The number of thiazole rings is 1. The standard InChI is InChI=1S/C27H22N2O4S/c1-15-4-8-17(9-5-15)23-22(24(30)18-10-6-16(2)7-11-18)25(31)26(32)29(23)27-28-20-13-12-19(33-3)14-21(20)34-27/h4-14,23,30H,1-3H3. The highest BCUT2D eigenvalue weighted by Crippen LogP contribution is 2.44. The Morgan fingerprint density at radius 3 is 2.26 bits per heavy atom.